The highest BCUT2D eigenvalue weighted by molar-refractivity contribution is 7.11. The monoisotopic (exact) mass is 427 g/mol. The van der Waals surface area contributed by atoms with Crippen LogP contribution in [0.1, 0.15) is 28.4 Å². The second-order valence-corrected chi connectivity index (χ2v) is 6.83. The maximum absolute atomic E-state index is 12.3. The molecule has 0 radical (unpaired) electrons. The molecule has 30 heavy (non-hydrogen) atoms. The number of hydrogen-bond acceptors (Lipinski definition) is 7. The normalized spacial score (nSPS) is 10.3. The average molecular weight is 427 g/mol. The van der Waals surface area contributed by atoms with Crippen molar-refractivity contribution in [3.63, 3.8) is 0 Å². The van der Waals surface area contributed by atoms with Gasteiger partial charge in [-0.05, 0) is 30.6 Å². The summed E-state index contributed by atoms with van der Waals surface area (Å²) < 4.78 is 15.2. The van der Waals surface area contributed by atoms with Gasteiger partial charge in [-0.15, -0.1) is 0 Å². The van der Waals surface area contributed by atoms with Gasteiger partial charge in [0, 0.05) is 30.1 Å². The number of nitrogens with zero attached hydrogens (tertiary/aromatic N) is 2. The van der Waals surface area contributed by atoms with Gasteiger partial charge in [0.25, 0.3) is 5.91 Å². The number of carbonyl (C=O) groups excluding carboxylic acids is 2. The maximum atomic E-state index is 12.3. The highest BCUT2D eigenvalue weighted by atomic mass is 32.1. The van der Waals surface area contributed by atoms with E-state index in [1.54, 1.807) is 18.5 Å². The Hall–Kier alpha value is -3.66. The molecule has 0 spiro atoms. The van der Waals surface area contributed by atoms with Crippen molar-refractivity contribution in [2.45, 2.75) is 20.1 Å². The predicted octanol–water partition coefficient (Wildman–Crippen LogP) is 2.94. The van der Waals surface area contributed by atoms with Gasteiger partial charge in [0.1, 0.15) is 22.9 Å². The van der Waals surface area contributed by atoms with E-state index in [9.17, 15) is 9.59 Å². The van der Waals surface area contributed by atoms with E-state index in [4.69, 9.17) is 15.2 Å². The molecule has 4 N–H and O–H groups in total. The lowest BCUT2D eigenvalue weighted by molar-refractivity contribution is 0.0996. The third kappa shape index (κ3) is 5.45. The summed E-state index contributed by atoms with van der Waals surface area (Å²) in [5, 5.41) is 5.54. The van der Waals surface area contributed by atoms with Crippen molar-refractivity contribution < 1.29 is 19.1 Å². The molecule has 0 saturated heterocycles. The second kappa shape index (κ2) is 10.2. The number of amides is 3. The zero-order valence-corrected chi connectivity index (χ0v) is 17.1. The molecule has 156 valence electrons. The summed E-state index contributed by atoms with van der Waals surface area (Å²) in [5.41, 5.74) is 7.13. The van der Waals surface area contributed by atoms with Gasteiger partial charge in [0.05, 0.1) is 6.61 Å². The van der Waals surface area contributed by atoms with Crippen LogP contribution >= 0.6 is 11.5 Å². The van der Waals surface area contributed by atoms with Crippen molar-refractivity contribution in [3.8, 4) is 11.6 Å². The molecular weight excluding hydrogens is 406 g/mol. The zero-order chi connectivity index (χ0) is 21.3. The quantitative estimate of drug-likeness (QED) is 0.482. The Morgan fingerprint density at radius 1 is 1.17 bits per heavy atom. The Labute approximate surface area is 177 Å². The van der Waals surface area contributed by atoms with Crippen molar-refractivity contribution in [3.05, 3.63) is 65.5 Å². The van der Waals surface area contributed by atoms with Crippen LogP contribution in [0.5, 0.6) is 11.6 Å². The average Bonchev–Trinajstić information content (AvgIpc) is 3.15. The molecule has 0 aliphatic carbocycles. The fourth-order valence-corrected chi connectivity index (χ4v) is 3.32. The van der Waals surface area contributed by atoms with E-state index >= 15 is 0 Å². The number of carbonyl (C=O) groups is 2. The summed E-state index contributed by atoms with van der Waals surface area (Å²) in [5.74, 6) is 0.0114. The lowest BCUT2D eigenvalue weighted by atomic mass is 10.2. The maximum Gasteiger partial charge on any atom is 0.320 e. The number of nitrogens with one attached hydrogen (secondary N) is 2. The molecule has 3 amide bonds. The van der Waals surface area contributed by atoms with Gasteiger partial charge in [-0.1, -0.05) is 24.3 Å². The van der Waals surface area contributed by atoms with Crippen LogP contribution in [0.2, 0.25) is 0 Å². The number of aromatic nitrogens is 2. The summed E-state index contributed by atoms with van der Waals surface area (Å²) in [7, 11) is 0. The van der Waals surface area contributed by atoms with Gasteiger partial charge in [-0.3, -0.25) is 15.1 Å². The number of urea groups is 1. The SMILES string of the molecule is CCOc1ccccc1CNC(=O)Nc1snc(OCc2cccnc2)c1C(N)=O. The van der Waals surface area contributed by atoms with Crippen molar-refractivity contribution in [1.82, 2.24) is 14.7 Å². The van der Waals surface area contributed by atoms with Crippen molar-refractivity contribution >= 4 is 28.5 Å². The number of rotatable bonds is 9. The lowest BCUT2D eigenvalue weighted by Crippen LogP contribution is -2.29. The molecule has 10 heteroatoms. The first kappa shape index (κ1) is 21.1. The minimum absolute atomic E-state index is 0.0220. The number of primary amides is 1. The summed E-state index contributed by atoms with van der Waals surface area (Å²) in [6.45, 7) is 2.82. The first-order chi connectivity index (χ1) is 14.6. The van der Waals surface area contributed by atoms with Gasteiger partial charge in [0.2, 0.25) is 5.88 Å². The van der Waals surface area contributed by atoms with Crippen LogP contribution in [0.3, 0.4) is 0 Å². The van der Waals surface area contributed by atoms with Crippen LogP contribution in [-0.4, -0.2) is 27.9 Å². The molecule has 0 aliphatic rings. The van der Waals surface area contributed by atoms with Crippen LogP contribution in [0.4, 0.5) is 9.80 Å². The Bertz CT molecular complexity index is 1010. The van der Waals surface area contributed by atoms with Crippen LogP contribution in [0, 0.1) is 0 Å². The van der Waals surface area contributed by atoms with Crippen LogP contribution in [0.15, 0.2) is 48.8 Å². The van der Waals surface area contributed by atoms with Gasteiger partial charge in [0.15, 0.2) is 0 Å². The molecule has 0 atom stereocenters. The molecule has 2 heterocycles. The molecule has 0 aliphatic heterocycles. The third-order valence-corrected chi connectivity index (χ3v) is 4.69. The Morgan fingerprint density at radius 2 is 2.00 bits per heavy atom. The smallest absolute Gasteiger partial charge is 0.320 e. The number of ether oxygens (including phenoxy) is 2. The van der Waals surface area contributed by atoms with E-state index in [2.05, 4.69) is 20.0 Å². The number of nitrogens with two attached hydrogens (primary N) is 1. The first-order valence-corrected chi connectivity index (χ1v) is 9.92. The molecule has 3 rings (SSSR count). The van der Waals surface area contributed by atoms with Gasteiger partial charge in [-0.25, -0.2) is 4.79 Å². The van der Waals surface area contributed by atoms with E-state index in [-0.39, 0.29) is 29.6 Å². The molecule has 9 nitrogen and oxygen atoms in total. The minimum atomic E-state index is -0.748. The van der Waals surface area contributed by atoms with E-state index in [0.29, 0.717) is 12.4 Å². The number of pyridine rings is 1. The molecule has 0 fully saturated rings. The largest absolute Gasteiger partial charge is 0.494 e. The topological polar surface area (TPSA) is 128 Å². The van der Waals surface area contributed by atoms with Gasteiger partial charge in [-0.2, -0.15) is 4.37 Å². The minimum Gasteiger partial charge on any atom is -0.494 e. The standard InChI is InChI=1S/C20H21N5O4S/c1-2-28-15-8-4-3-7-14(15)11-23-20(27)24-19-16(17(21)26)18(25-30-19)29-12-13-6-5-9-22-10-13/h3-10H,2,11-12H2,1H3,(H2,21,26)(H2,23,24,27). The predicted molar refractivity (Wildman–Crippen MR) is 113 cm³/mol. The van der Waals surface area contributed by atoms with E-state index < -0.39 is 11.9 Å². The Morgan fingerprint density at radius 3 is 2.73 bits per heavy atom. The fraction of sp³-hybridized carbons (Fsp3) is 0.200. The summed E-state index contributed by atoms with van der Waals surface area (Å²) >= 11 is 0.913. The lowest BCUT2D eigenvalue weighted by Gasteiger charge is -2.11. The third-order valence-electron chi connectivity index (χ3n) is 3.94. The molecule has 1 aromatic carbocycles. The summed E-state index contributed by atoms with van der Waals surface area (Å²) in [6.07, 6.45) is 3.29. The fourth-order valence-electron chi connectivity index (χ4n) is 2.58. The van der Waals surface area contributed by atoms with E-state index in [0.717, 1.165) is 22.7 Å². The highest BCUT2D eigenvalue weighted by Gasteiger charge is 2.22. The summed E-state index contributed by atoms with van der Waals surface area (Å²) in [4.78, 5) is 28.2. The van der Waals surface area contributed by atoms with Crippen molar-refractivity contribution in [2.75, 3.05) is 11.9 Å². The number of benzene rings is 1. The van der Waals surface area contributed by atoms with Crippen LogP contribution < -0.4 is 25.8 Å². The Kier molecular flexibility index (Phi) is 7.17. The molecule has 3 aromatic rings. The number of hydrogen-bond donors (Lipinski definition) is 3. The summed E-state index contributed by atoms with van der Waals surface area (Å²) in [6, 6.07) is 10.5. The molecule has 0 unspecified atom stereocenters. The number of para-hydroxylation sites is 1. The van der Waals surface area contributed by atoms with Crippen molar-refractivity contribution in [1.29, 1.82) is 0 Å². The Balaban J connectivity index is 1.64. The first-order valence-electron chi connectivity index (χ1n) is 9.15. The van der Waals surface area contributed by atoms with E-state index in [1.807, 2.05) is 37.3 Å². The molecule has 0 saturated carbocycles. The molecule has 2 aromatic heterocycles. The van der Waals surface area contributed by atoms with Gasteiger partial charge < -0.3 is 20.5 Å². The van der Waals surface area contributed by atoms with Crippen molar-refractivity contribution in [2.24, 2.45) is 5.73 Å². The molecule has 0 bridgehead atoms. The van der Waals surface area contributed by atoms with Crippen LogP contribution in [-0.2, 0) is 13.2 Å². The number of anilines is 1. The highest BCUT2D eigenvalue weighted by Crippen LogP contribution is 2.30. The van der Waals surface area contributed by atoms with Gasteiger partial charge >= 0.3 is 6.03 Å². The molecular formula is C20H21N5O4S. The van der Waals surface area contributed by atoms with Crippen LogP contribution in [0.25, 0.3) is 0 Å². The second-order valence-electron chi connectivity index (χ2n) is 6.05. The van der Waals surface area contributed by atoms with E-state index in [1.165, 1.54) is 0 Å². The zero-order valence-electron chi connectivity index (χ0n) is 16.3.